The van der Waals surface area contributed by atoms with Gasteiger partial charge in [-0.3, -0.25) is 4.90 Å². The van der Waals surface area contributed by atoms with Crippen LogP contribution >= 0.6 is 0 Å². The Bertz CT molecular complexity index is 141. The molecule has 0 fully saturated rings. The fraction of sp³-hybridized carbons (Fsp3) is 1.00. The largest absolute Gasteiger partial charge is 0.396 e. The molecule has 0 aromatic rings. The fourth-order valence-electron chi connectivity index (χ4n) is 1.46. The van der Waals surface area contributed by atoms with Crippen molar-refractivity contribution in [2.24, 2.45) is 0 Å². The van der Waals surface area contributed by atoms with E-state index >= 15 is 0 Å². The average Bonchev–Trinajstić information content (AvgIpc) is 2.27. The Hall–Kier alpha value is -0.240. The lowest BCUT2D eigenvalue weighted by molar-refractivity contribution is -0.00859. The molecule has 6 nitrogen and oxygen atoms in total. The highest BCUT2D eigenvalue weighted by molar-refractivity contribution is 4.66. The monoisotopic (exact) mass is 237 g/mol. The van der Waals surface area contributed by atoms with Crippen LogP contribution in [-0.4, -0.2) is 84.1 Å². The molecule has 0 bridgehead atoms. The van der Waals surface area contributed by atoms with Gasteiger partial charge in [-0.2, -0.15) is 0 Å². The van der Waals surface area contributed by atoms with E-state index in [0.717, 1.165) is 0 Å². The number of nitrogens with zero attached hydrogens (tertiary/aromatic N) is 1. The van der Waals surface area contributed by atoms with Crippen LogP contribution in [0, 0.1) is 0 Å². The van der Waals surface area contributed by atoms with Crippen molar-refractivity contribution in [3.63, 3.8) is 0 Å². The smallest absolute Gasteiger partial charge is 0.0725 e. The third-order valence-electron chi connectivity index (χ3n) is 2.19. The van der Waals surface area contributed by atoms with Crippen molar-refractivity contribution in [2.45, 2.75) is 12.5 Å². The summed E-state index contributed by atoms with van der Waals surface area (Å²) >= 11 is 0. The van der Waals surface area contributed by atoms with E-state index in [1.165, 1.54) is 0 Å². The third kappa shape index (κ3) is 7.98. The molecule has 4 N–H and O–H groups in total. The number of rotatable bonds is 11. The first kappa shape index (κ1) is 15.8. The summed E-state index contributed by atoms with van der Waals surface area (Å²) in [5.41, 5.74) is 0. The van der Waals surface area contributed by atoms with Crippen molar-refractivity contribution < 1.29 is 25.2 Å². The topological polar surface area (TPSA) is 93.4 Å². The van der Waals surface area contributed by atoms with Crippen LogP contribution in [0.5, 0.6) is 0 Å². The Kier molecular flexibility index (Phi) is 11.1. The Morgan fingerprint density at radius 2 is 1.50 bits per heavy atom. The minimum atomic E-state index is -0.185. The first-order valence-corrected chi connectivity index (χ1v) is 5.55. The van der Waals surface area contributed by atoms with Crippen LogP contribution in [0.4, 0.5) is 0 Å². The predicted molar refractivity (Wildman–Crippen MR) is 59.1 cm³/mol. The number of hydrogen-bond acceptors (Lipinski definition) is 6. The Morgan fingerprint density at radius 1 is 0.875 bits per heavy atom. The minimum Gasteiger partial charge on any atom is -0.396 e. The van der Waals surface area contributed by atoms with Gasteiger partial charge in [0, 0.05) is 26.2 Å². The van der Waals surface area contributed by atoms with E-state index in [4.69, 9.17) is 25.2 Å². The summed E-state index contributed by atoms with van der Waals surface area (Å²) in [5.74, 6) is 0. The normalized spacial score (nSPS) is 13.3. The molecule has 0 amide bonds. The van der Waals surface area contributed by atoms with Gasteiger partial charge < -0.3 is 25.2 Å². The second-order valence-corrected chi connectivity index (χ2v) is 3.48. The van der Waals surface area contributed by atoms with Gasteiger partial charge in [-0.25, -0.2) is 0 Å². The minimum absolute atomic E-state index is 0.0161. The molecule has 0 aromatic carbocycles. The first-order chi connectivity index (χ1) is 7.78. The lowest BCUT2D eigenvalue weighted by Gasteiger charge is -2.26. The zero-order valence-electron chi connectivity index (χ0n) is 9.59. The van der Waals surface area contributed by atoms with Crippen molar-refractivity contribution in [1.82, 2.24) is 4.90 Å². The number of aliphatic hydroxyl groups is 4. The van der Waals surface area contributed by atoms with Crippen molar-refractivity contribution in [2.75, 3.05) is 52.7 Å². The lowest BCUT2D eigenvalue weighted by atomic mass is 10.2. The molecule has 0 radical (unpaired) electrons. The molecule has 1 unspecified atom stereocenters. The van der Waals surface area contributed by atoms with Gasteiger partial charge in [-0.15, -0.1) is 0 Å². The predicted octanol–water partition coefficient (Wildman–Crippen LogP) is -1.97. The Labute approximate surface area is 96.1 Å². The van der Waals surface area contributed by atoms with Gasteiger partial charge in [0.15, 0.2) is 0 Å². The van der Waals surface area contributed by atoms with Gasteiger partial charge in [-0.1, -0.05) is 0 Å². The van der Waals surface area contributed by atoms with Crippen LogP contribution in [0.3, 0.4) is 0 Å². The van der Waals surface area contributed by atoms with Crippen molar-refractivity contribution in [3.05, 3.63) is 0 Å². The molecule has 0 aliphatic heterocycles. The van der Waals surface area contributed by atoms with Crippen LogP contribution < -0.4 is 0 Å². The fourth-order valence-corrected chi connectivity index (χ4v) is 1.46. The second kappa shape index (κ2) is 11.3. The highest BCUT2D eigenvalue weighted by Gasteiger charge is 2.13. The summed E-state index contributed by atoms with van der Waals surface area (Å²) in [7, 11) is 0. The number of hydrogen-bond donors (Lipinski definition) is 4. The van der Waals surface area contributed by atoms with E-state index in [9.17, 15) is 0 Å². The van der Waals surface area contributed by atoms with Gasteiger partial charge in [0.2, 0.25) is 0 Å². The van der Waals surface area contributed by atoms with Crippen LogP contribution in [0.2, 0.25) is 0 Å². The van der Waals surface area contributed by atoms with Crippen LogP contribution in [0.15, 0.2) is 0 Å². The van der Waals surface area contributed by atoms with Gasteiger partial charge in [0.05, 0.1) is 32.5 Å². The first-order valence-electron chi connectivity index (χ1n) is 5.55. The molecule has 0 aliphatic rings. The Morgan fingerprint density at radius 3 is 1.94 bits per heavy atom. The van der Waals surface area contributed by atoms with Crippen LogP contribution in [0.1, 0.15) is 6.42 Å². The van der Waals surface area contributed by atoms with Crippen LogP contribution in [-0.2, 0) is 4.74 Å². The van der Waals surface area contributed by atoms with Gasteiger partial charge in [-0.05, 0) is 6.42 Å². The van der Waals surface area contributed by atoms with E-state index in [1.54, 1.807) is 0 Å². The molecule has 0 heterocycles. The third-order valence-corrected chi connectivity index (χ3v) is 2.19. The molecule has 16 heavy (non-hydrogen) atoms. The molecule has 6 heteroatoms. The van der Waals surface area contributed by atoms with E-state index in [1.807, 2.05) is 4.90 Å². The maximum Gasteiger partial charge on any atom is 0.0725 e. The molecule has 0 aromatic heterocycles. The molecular formula is C10H23NO5. The average molecular weight is 237 g/mol. The van der Waals surface area contributed by atoms with E-state index < -0.39 is 0 Å². The Balaban J connectivity index is 3.98. The van der Waals surface area contributed by atoms with Gasteiger partial charge in [0.1, 0.15) is 0 Å². The number of aliphatic hydroxyl groups excluding tert-OH is 4. The summed E-state index contributed by atoms with van der Waals surface area (Å²) in [6.45, 7) is 1.69. The number of ether oxygens (including phenoxy) is 1. The van der Waals surface area contributed by atoms with Crippen LogP contribution in [0.25, 0.3) is 0 Å². The summed E-state index contributed by atoms with van der Waals surface area (Å²) in [4.78, 5) is 1.86. The zero-order valence-corrected chi connectivity index (χ0v) is 9.59. The van der Waals surface area contributed by atoms with E-state index in [-0.39, 0.29) is 39.1 Å². The van der Waals surface area contributed by atoms with E-state index in [2.05, 4.69) is 0 Å². The summed E-state index contributed by atoms with van der Waals surface area (Å²) < 4.78 is 5.34. The molecule has 0 spiro atoms. The zero-order chi connectivity index (χ0) is 12.2. The van der Waals surface area contributed by atoms with Crippen molar-refractivity contribution in [1.29, 1.82) is 0 Å². The molecule has 98 valence electrons. The maximum absolute atomic E-state index is 8.85. The molecule has 0 saturated carbocycles. The van der Waals surface area contributed by atoms with Gasteiger partial charge in [0.25, 0.3) is 0 Å². The SMILES string of the molecule is OCCOC(CCO)CN(CCO)CCO. The van der Waals surface area contributed by atoms with E-state index in [0.29, 0.717) is 26.1 Å². The maximum atomic E-state index is 8.85. The van der Waals surface area contributed by atoms with Crippen molar-refractivity contribution >= 4 is 0 Å². The molecule has 0 aliphatic carbocycles. The highest BCUT2D eigenvalue weighted by atomic mass is 16.5. The summed E-state index contributed by atoms with van der Waals surface area (Å²) in [6, 6.07) is 0. The van der Waals surface area contributed by atoms with Crippen molar-refractivity contribution in [3.8, 4) is 0 Å². The molecule has 0 rings (SSSR count). The lowest BCUT2D eigenvalue weighted by Crippen LogP contribution is -2.38. The summed E-state index contributed by atoms with van der Waals surface area (Å²) in [6.07, 6.45) is 0.295. The molecule has 1 atom stereocenters. The molecule has 0 saturated heterocycles. The standard InChI is InChI=1S/C10H23NO5/c12-4-1-10(16-8-7-15)9-11(2-5-13)3-6-14/h10,12-15H,1-9H2. The molecular weight excluding hydrogens is 214 g/mol. The highest BCUT2D eigenvalue weighted by Crippen LogP contribution is 2.02. The summed E-state index contributed by atoms with van der Waals surface area (Å²) in [5, 5.41) is 35.1. The second-order valence-electron chi connectivity index (χ2n) is 3.48. The van der Waals surface area contributed by atoms with Gasteiger partial charge >= 0.3 is 0 Å². The quantitative estimate of drug-likeness (QED) is 0.333.